The Morgan fingerprint density at radius 1 is 1.24 bits per heavy atom. The summed E-state index contributed by atoms with van der Waals surface area (Å²) in [4.78, 5) is 12.1. The summed E-state index contributed by atoms with van der Waals surface area (Å²) in [6.45, 7) is 2.02. The second-order valence-corrected chi connectivity index (χ2v) is 4.90. The van der Waals surface area contributed by atoms with E-state index in [-0.39, 0.29) is 0 Å². The molecule has 1 N–H and O–H groups in total. The Balaban J connectivity index is 2.18. The third-order valence-corrected chi connectivity index (χ3v) is 3.07. The molecule has 0 aliphatic carbocycles. The molecule has 0 radical (unpaired) electrons. The van der Waals surface area contributed by atoms with Crippen molar-refractivity contribution in [2.75, 3.05) is 0 Å². The molecular weight excluding hydrogens is 278 g/mol. The Kier molecular flexibility index (Phi) is 2.44. The second-order valence-electron chi connectivity index (χ2n) is 3.98. The van der Waals surface area contributed by atoms with Crippen molar-refractivity contribution in [3.8, 4) is 11.4 Å². The Bertz CT molecular complexity index is 688. The van der Waals surface area contributed by atoms with Crippen molar-refractivity contribution >= 4 is 27.1 Å². The highest BCUT2D eigenvalue weighted by Gasteiger charge is 2.06. The first-order chi connectivity index (χ1) is 8.22. The van der Waals surface area contributed by atoms with Crippen LogP contribution in [0.25, 0.3) is 22.6 Å². The van der Waals surface area contributed by atoms with Crippen LogP contribution in [0.5, 0.6) is 0 Å². The van der Waals surface area contributed by atoms with Crippen LogP contribution in [0.3, 0.4) is 0 Å². The number of pyridine rings is 1. The van der Waals surface area contributed by atoms with Crippen molar-refractivity contribution in [3.63, 3.8) is 0 Å². The van der Waals surface area contributed by atoms with Crippen LogP contribution in [-0.4, -0.2) is 15.0 Å². The standard InChI is InChI=1S/C13H10BrN3/c1-8-5-11-13(15-7-8)17-12(16-11)9-3-2-4-10(14)6-9/h2-7H,1H3,(H,15,16,17). The molecular formula is C13H10BrN3. The average Bonchev–Trinajstić information content (AvgIpc) is 2.72. The molecule has 17 heavy (non-hydrogen) atoms. The van der Waals surface area contributed by atoms with Crippen LogP contribution in [0.2, 0.25) is 0 Å². The predicted molar refractivity (Wildman–Crippen MR) is 71.8 cm³/mol. The quantitative estimate of drug-likeness (QED) is 0.742. The highest BCUT2D eigenvalue weighted by Crippen LogP contribution is 2.22. The molecule has 4 heteroatoms. The van der Waals surface area contributed by atoms with E-state index < -0.39 is 0 Å². The third kappa shape index (κ3) is 1.96. The highest BCUT2D eigenvalue weighted by atomic mass is 79.9. The smallest absolute Gasteiger partial charge is 0.178 e. The number of nitrogens with zero attached hydrogens (tertiary/aromatic N) is 2. The molecule has 0 spiro atoms. The van der Waals surface area contributed by atoms with Gasteiger partial charge in [0.1, 0.15) is 5.82 Å². The summed E-state index contributed by atoms with van der Waals surface area (Å²) in [5.74, 6) is 0.847. The van der Waals surface area contributed by atoms with E-state index in [1.54, 1.807) is 0 Å². The number of rotatable bonds is 1. The minimum Gasteiger partial charge on any atom is -0.337 e. The van der Waals surface area contributed by atoms with Gasteiger partial charge < -0.3 is 4.98 Å². The van der Waals surface area contributed by atoms with Crippen LogP contribution in [0, 0.1) is 6.92 Å². The maximum atomic E-state index is 4.48. The van der Waals surface area contributed by atoms with E-state index >= 15 is 0 Å². The second kappa shape index (κ2) is 3.96. The first kappa shape index (κ1) is 10.5. The van der Waals surface area contributed by atoms with Gasteiger partial charge in [0, 0.05) is 16.2 Å². The van der Waals surface area contributed by atoms with Crippen LogP contribution in [-0.2, 0) is 0 Å². The number of benzene rings is 1. The van der Waals surface area contributed by atoms with E-state index in [1.807, 2.05) is 37.4 Å². The highest BCUT2D eigenvalue weighted by molar-refractivity contribution is 9.10. The maximum absolute atomic E-state index is 4.48. The van der Waals surface area contributed by atoms with Crippen molar-refractivity contribution in [1.82, 2.24) is 15.0 Å². The number of hydrogen-bond donors (Lipinski definition) is 1. The Hall–Kier alpha value is -1.68. The summed E-state index contributed by atoms with van der Waals surface area (Å²) in [5, 5.41) is 0. The zero-order valence-corrected chi connectivity index (χ0v) is 10.8. The van der Waals surface area contributed by atoms with Gasteiger partial charge in [0.15, 0.2) is 5.65 Å². The van der Waals surface area contributed by atoms with E-state index in [9.17, 15) is 0 Å². The zero-order valence-electron chi connectivity index (χ0n) is 9.24. The maximum Gasteiger partial charge on any atom is 0.178 e. The van der Waals surface area contributed by atoms with E-state index in [4.69, 9.17) is 0 Å². The molecule has 3 aromatic rings. The number of imidazole rings is 1. The summed E-state index contributed by atoms with van der Waals surface area (Å²) in [6.07, 6.45) is 1.83. The lowest BCUT2D eigenvalue weighted by atomic mass is 10.2. The predicted octanol–water partition coefficient (Wildman–Crippen LogP) is 3.70. The van der Waals surface area contributed by atoms with Crippen molar-refractivity contribution in [2.24, 2.45) is 0 Å². The van der Waals surface area contributed by atoms with E-state index in [2.05, 4.69) is 36.9 Å². The van der Waals surface area contributed by atoms with E-state index in [0.29, 0.717) is 0 Å². The Morgan fingerprint density at radius 2 is 2.12 bits per heavy atom. The minimum atomic E-state index is 0.755. The molecule has 0 unspecified atom stereocenters. The summed E-state index contributed by atoms with van der Waals surface area (Å²) < 4.78 is 1.04. The first-order valence-electron chi connectivity index (χ1n) is 5.31. The monoisotopic (exact) mass is 287 g/mol. The molecule has 0 fully saturated rings. The summed E-state index contributed by atoms with van der Waals surface area (Å²) in [5.41, 5.74) is 3.91. The number of H-pyrrole nitrogens is 1. The van der Waals surface area contributed by atoms with Crippen molar-refractivity contribution < 1.29 is 0 Å². The van der Waals surface area contributed by atoms with Crippen molar-refractivity contribution in [1.29, 1.82) is 0 Å². The molecule has 0 aliphatic rings. The largest absolute Gasteiger partial charge is 0.337 e. The molecule has 0 bridgehead atoms. The van der Waals surface area contributed by atoms with Gasteiger partial charge in [-0.1, -0.05) is 28.1 Å². The number of halogens is 1. The number of nitrogens with one attached hydrogen (secondary N) is 1. The fourth-order valence-electron chi connectivity index (χ4n) is 1.78. The number of aryl methyl sites for hydroxylation is 1. The Labute approximate surface area is 107 Å². The lowest BCUT2D eigenvalue weighted by molar-refractivity contribution is 1.28. The molecule has 2 heterocycles. The molecule has 3 rings (SSSR count). The molecule has 1 aromatic carbocycles. The van der Waals surface area contributed by atoms with Crippen molar-refractivity contribution in [2.45, 2.75) is 6.92 Å². The van der Waals surface area contributed by atoms with Gasteiger partial charge in [-0.25, -0.2) is 9.97 Å². The van der Waals surface area contributed by atoms with Gasteiger partial charge in [0.05, 0.1) is 5.52 Å². The van der Waals surface area contributed by atoms with E-state index in [1.165, 1.54) is 0 Å². The molecule has 0 saturated heterocycles. The zero-order chi connectivity index (χ0) is 11.8. The van der Waals surface area contributed by atoms with Gasteiger partial charge >= 0.3 is 0 Å². The SMILES string of the molecule is Cc1cnc2nc(-c3cccc(Br)c3)[nH]c2c1. The van der Waals surface area contributed by atoms with Crippen LogP contribution in [0.1, 0.15) is 5.56 Å². The Morgan fingerprint density at radius 3 is 2.94 bits per heavy atom. The molecule has 2 aromatic heterocycles. The van der Waals surface area contributed by atoms with Crippen LogP contribution >= 0.6 is 15.9 Å². The number of aromatic nitrogens is 3. The molecule has 0 saturated carbocycles. The molecule has 0 aliphatic heterocycles. The summed E-state index contributed by atoms with van der Waals surface area (Å²) >= 11 is 3.46. The number of hydrogen-bond acceptors (Lipinski definition) is 2. The third-order valence-electron chi connectivity index (χ3n) is 2.57. The fraction of sp³-hybridized carbons (Fsp3) is 0.0769. The van der Waals surface area contributed by atoms with Crippen LogP contribution in [0.15, 0.2) is 41.0 Å². The lowest BCUT2D eigenvalue weighted by Gasteiger charge is -1.96. The fourth-order valence-corrected chi connectivity index (χ4v) is 2.18. The topological polar surface area (TPSA) is 41.6 Å². The number of fused-ring (bicyclic) bond motifs is 1. The van der Waals surface area contributed by atoms with E-state index in [0.717, 1.165) is 32.6 Å². The van der Waals surface area contributed by atoms with Crippen molar-refractivity contribution in [3.05, 3.63) is 46.6 Å². The summed E-state index contributed by atoms with van der Waals surface area (Å²) in [6, 6.07) is 10.1. The molecule has 0 amide bonds. The van der Waals surface area contributed by atoms with Gasteiger partial charge in [0.25, 0.3) is 0 Å². The molecule has 0 atom stereocenters. The summed E-state index contributed by atoms with van der Waals surface area (Å²) in [7, 11) is 0. The normalized spacial score (nSPS) is 10.9. The lowest BCUT2D eigenvalue weighted by Crippen LogP contribution is -1.79. The first-order valence-corrected chi connectivity index (χ1v) is 6.10. The van der Waals surface area contributed by atoms with Gasteiger partial charge in [-0.15, -0.1) is 0 Å². The molecule has 84 valence electrons. The van der Waals surface area contributed by atoms with Gasteiger partial charge in [0.2, 0.25) is 0 Å². The molecule has 3 nitrogen and oxygen atoms in total. The minimum absolute atomic E-state index is 0.755. The van der Waals surface area contributed by atoms with Gasteiger partial charge in [-0.2, -0.15) is 0 Å². The van der Waals surface area contributed by atoms with Gasteiger partial charge in [-0.05, 0) is 30.7 Å². The van der Waals surface area contributed by atoms with Crippen LogP contribution < -0.4 is 0 Å². The van der Waals surface area contributed by atoms with Crippen LogP contribution in [0.4, 0.5) is 0 Å². The average molecular weight is 288 g/mol. The number of aromatic amines is 1. The van der Waals surface area contributed by atoms with Gasteiger partial charge in [-0.3, -0.25) is 0 Å².